The molecule has 0 aliphatic carbocycles. The van der Waals surface area contributed by atoms with Crippen molar-refractivity contribution in [3.05, 3.63) is 0 Å². The Kier molecular flexibility index (Phi) is 4.30. The van der Waals surface area contributed by atoms with Gasteiger partial charge < -0.3 is 19.1 Å². The third-order valence-electron chi connectivity index (χ3n) is 3.37. The maximum atomic E-state index is 12.0. The van der Waals surface area contributed by atoms with Crippen LogP contribution in [-0.2, 0) is 14.2 Å². The van der Waals surface area contributed by atoms with Crippen molar-refractivity contribution >= 4 is 6.09 Å². The van der Waals surface area contributed by atoms with Crippen LogP contribution >= 0.6 is 0 Å². The Morgan fingerprint density at radius 1 is 1.42 bits per heavy atom. The van der Waals surface area contributed by atoms with Crippen LogP contribution in [0.25, 0.3) is 0 Å². The number of ether oxygens (including phenoxy) is 3. The molecular weight excluding hydrogens is 253 g/mol. The van der Waals surface area contributed by atoms with Crippen LogP contribution in [0.1, 0.15) is 26.7 Å². The summed E-state index contributed by atoms with van der Waals surface area (Å²) >= 11 is 0. The van der Waals surface area contributed by atoms with Gasteiger partial charge in [0.15, 0.2) is 0 Å². The van der Waals surface area contributed by atoms with E-state index in [4.69, 9.17) is 14.2 Å². The highest BCUT2D eigenvalue weighted by Crippen LogP contribution is 2.34. The van der Waals surface area contributed by atoms with Gasteiger partial charge in [-0.05, 0) is 13.8 Å². The van der Waals surface area contributed by atoms with Crippen molar-refractivity contribution in [3.8, 4) is 0 Å². The molecule has 2 aliphatic heterocycles. The number of amides is 1. The molecule has 6 heteroatoms. The van der Waals surface area contributed by atoms with E-state index in [0.29, 0.717) is 26.3 Å². The van der Waals surface area contributed by atoms with E-state index >= 15 is 0 Å². The largest absolute Gasteiger partial charge is 0.449 e. The molecule has 2 aliphatic rings. The topological polar surface area (TPSA) is 48.0 Å². The van der Waals surface area contributed by atoms with Gasteiger partial charge in [0.05, 0.1) is 38.6 Å². The summed E-state index contributed by atoms with van der Waals surface area (Å²) in [4.78, 5) is 13.6. The molecule has 2 fully saturated rings. The summed E-state index contributed by atoms with van der Waals surface area (Å²) < 4.78 is 28.6. The van der Waals surface area contributed by atoms with E-state index in [0.717, 1.165) is 6.42 Å². The van der Waals surface area contributed by atoms with E-state index < -0.39 is 24.0 Å². The number of hydrogen-bond acceptors (Lipinski definition) is 4. The summed E-state index contributed by atoms with van der Waals surface area (Å²) in [5.74, 6) is 0. The summed E-state index contributed by atoms with van der Waals surface area (Å²) in [5, 5.41) is 0. The number of carbonyl (C=O) groups is 1. The summed E-state index contributed by atoms with van der Waals surface area (Å²) in [6, 6.07) is 0. The van der Waals surface area contributed by atoms with Gasteiger partial charge >= 0.3 is 6.09 Å². The zero-order valence-corrected chi connectivity index (χ0v) is 11.6. The Labute approximate surface area is 113 Å². The van der Waals surface area contributed by atoms with Crippen molar-refractivity contribution in [2.75, 3.05) is 39.6 Å². The molecule has 110 valence electrons. The minimum atomic E-state index is -0.473. The second kappa shape index (κ2) is 5.63. The number of rotatable bonds is 3. The quantitative estimate of drug-likeness (QED) is 0.736. The van der Waals surface area contributed by atoms with Crippen molar-refractivity contribution < 1.29 is 23.4 Å². The van der Waals surface area contributed by atoms with Gasteiger partial charge in [0, 0.05) is 19.4 Å². The van der Waals surface area contributed by atoms with E-state index in [1.807, 2.05) is 13.8 Å². The zero-order valence-electron chi connectivity index (χ0n) is 11.6. The first-order chi connectivity index (χ1) is 8.96. The molecule has 0 radical (unpaired) electrons. The van der Waals surface area contributed by atoms with Gasteiger partial charge in [-0.1, -0.05) is 0 Å². The van der Waals surface area contributed by atoms with Crippen LogP contribution < -0.4 is 0 Å². The van der Waals surface area contributed by atoms with Crippen LogP contribution in [-0.4, -0.2) is 61.8 Å². The van der Waals surface area contributed by atoms with E-state index in [1.165, 1.54) is 0 Å². The highest BCUT2D eigenvalue weighted by molar-refractivity contribution is 5.68. The van der Waals surface area contributed by atoms with E-state index in [1.54, 1.807) is 4.90 Å². The second-order valence-electron chi connectivity index (χ2n) is 5.86. The molecule has 0 saturated carbocycles. The minimum absolute atomic E-state index is 0.122. The van der Waals surface area contributed by atoms with Gasteiger partial charge in [0.2, 0.25) is 0 Å². The van der Waals surface area contributed by atoms with Gasteiger partial charge in [0.25, 0.3) is 0 Å². The number of halogens is 1. The second-order valence-corrected chi connectivity index (χ2v) is 5.86. The maximum Gasteiger partial charge on any atom is 0.409 e. The Balaban J connectivity index is 1.98. The van der Waals surface area contributed by atoms with E-state index in [9.17, 15) is 9.18 Å². The molecule has 0 aromatic rings. The first kappa shape index (κ1) is 14.5. The Morgan fingerprint density at radius 3 is 2.84 bits per heavy atom. The molecule has 1 unspecified atom stereocenters. The fourth-order valence-electron chi connectivity index (χ4n) is 2.74. The van der Waals surface area contributed by atoms with Crippen LogP contribution in [0.15, 0.2) is 0 Å². The maximum absolute atomic E-state index is 12.0. The molecule has 1 spiro atoms. The molecule has 2 heterocycles. The molecule has 1 amide bonds. The standard InChI is InChI=1S/C13H22FNO4/c1-12(2)8-15(11(16)18-6-3-5-14)9-13(19-12)4-7-17-10-13/h3-10H2,1-2H3. The molecule has 0 aromatic carbocycles. The molecular formula is C13H22FNO4. The normalized spacial score (nSPS) is 29.7. The predicted molar refractivity (Wildman–Crippen MR) is 66.8 cm³/mol. The average Bonchev–Trinajstić information content (AvgIpc) is 2.74. The lowest BCUT2D eigenvalue weighted by molar-refractivity contribution is -0.189. The zero-order chi connectivity index (χ0) is 13.9. The van der Waals surface area contributed by atoms with Gasteiger partial charge in [-0.25, -0.2) is 4.79 Å². The van der Waals surface area contributed by atoms with Crippen molar-refractivity contribution in [2.24, 2.45) is 0 Å². The van der Waals surface area contributed by atoms with Crippen LogP contribution in [0, 0.1) is 0 Å². The number of nitrogens with zero attached hydrogens (tertiary/aromatic N) is 1. The smallest absolute Gasteiger partial charge is 0.409 e. The summed E-state index contributed by atoms with van der Waals surface area (Å²) in [7, 11) is 0. The van der Waals surface area contributed by atoms with Crippen LogP contribution in [0.3, 0.4) is 0 Å². The SMILES string of the molecule is CC1(C)CN(C(=O)OCCCF)CC2(CCOC2)O1. The first-order valence-corrected chi connectivity index (χ1v) is 6.72. The van der Waals surface area contributed by atoms with Gasteiger partial charge in [0.1, 0.15) is 5.60 Å². The number of morpholine rings is 1. The highest BCUT2D eigenvalue weighted by atomic mass is 19.1. The van der Waals surface area contributed by atoms with Crippen molar-refractivity contribution in [2.45, 2.75) is 37.9 Å². The van der Waals surface area contributed by atoms with Gasteiger partial charge in [-0.3, -0.25) is 4.39 Å². The fraction of sp³-hybridized carbons (Fsp3) is 0.923. The third kappa shape index (κ3) is 3.57. The predicted octanol–water partition coefficient (Wildman–Crippen LogP) is 1.75. The third-order valence-corrected chi connectivity index (χ3v) is 3.37. The molecule has 2 rings (SSSR count). The average molecular weight is 275 g/mol. The molecule has 5 nitrogen and oxygen atoms in total. The van der Waals surface area contributed by atoms with Crippen molar-refractivity contribution in [3.63, 3.8) is 0 Å². The minimum Gasteiger partial charge on any atom is -0.449 e. The lowest BCUT2D eigenvalue weighted by Gasteiger charge is -2.47. The first-order valence-electron chi connectivity index (χ1n) is 6.72. The molecule has 0 bridgehead atoms. The number of alkyl halides is 1. The van der Waals surface area contributed by atoms with Crippen LogP contribution in [0.5, 0.6) is 0 Å². The molecule has 0 aromatic heterocycles. The van der Waals surface area contributed by atoms with E-state index in [2.05, 4.69) is 0 Å². The van der Waals surface area contributed by atoms with Crippen LogP contribution in [0.2, 0.25) is 0 Å². The molecule has 1 atom stereocenters. The Bertz CT molecular complexity index is 329. The Hall–Kier alpha value is -0.880. The van der Waals surface area contributed by atoms with Crippen molar-refractivity contribution in [1.82, 2.24) is 4.90 Å². The summed E-state index contributed by atoms with van der Waals surface area (Å²) in [5.41, 5.74) is -0.841. The molecule has 0 N–H and O–H groups in total. The molecule has 2 saturated heterocycles. The summed E-state index contributed by atoms with van der Waals surface area (Å²) in [6.45, 7) is 5.66. The number of hydrogen-bond donors (Lipinski definition) is 0. The lowest BCUT2D eigenvalue weighted by atomic mass is 9.95. The molecule has 19 heavy (non-hydrogen) atoms. The van der Waals surface area contributed by atoms with E-state index in [-0.39, 0.29) is 13.0 Å². The number of carbonyl (C=O) groups excluding carboxylic acids is 1. The van der Waals surface area contributed by atoms with Crippen molar-refractivity contribution in [1.29, 1.82) is 0 Å². The summed E-state index contributed by atoms with van der Waals surface area (Å²) in [6.07, 6.45) is 0.634. The van der Waals surface area contributed by atoms with Crippen LogP contribution in [0.4, 0.5) is 9.18 Å². The monoisotopic (exact) mass is 275 g/mol. The fourth-order valence-corrected chi connectivity index (χ4v) is 2.74. The lowest BCUT2D eigenvalue weighted by Crippen LogP contribution is -2.61. The highest BCUT2D eigenvalue weighted by Gasteiger charge is 2.48. The van der Waals surface area contributed by atoms with Gasteiger partial charge in [-0.2, -0.15) is 0 Å². The van der Waals surface area contributed by atoms with Gasteiger partial charge in [-0.15, -0.1) is 0 Å². The Morgan fingerprint density at radius 2 is 2.21 bits per heavy atom.